The lowest BCUT2D eigenvalue weighted by molar-refractivity contribution is -0.114. The first-order valence-electron chi connectivity index (χ1n) is 9.41. The molecule has 2 heterocycles. The second-order valence-electron chi connectivity index (χ2n) is 7.00. The predicted molar refractivity (Wildman–Crippen MR) is 129 cm³/mol. The minimum Gasteiger partial charge on any atom is -0.493 e. The second-order valence-corrected chi connectivity index (χ2v) is 10.1. The van der Waals surface area contributed by atoms with Crippen molar-refractivity contribution in [2.75, 3.05) is 13.4 Å². The van der Waals surface area contributed by atoms with Crippen LogP contribution < -0.4 is 9.47 Å². The number of aliphatic imine (C=N–C) groups is 1. The van der Waals surface area contributed by atoms with Gasteiger partial charge in [0.05, 0.1) is 24.6 Å². The zero-order valence-corrected chi connectivity index (χ0v) is 19.8. The number of ether oxygens (including phenoxy) is 2. The first kappa shape index (κ1) is 23.0. The summed E-state index contributed by atoms with van der Waals surface area (Å²) in [5, 5.41) is 8.75. The van der Waals surface area contributed by atoms with Gasteiger partial charge in [-0.1, -0.05) is 29.8 Å². The molecule has 0 spiro atoms. The molecule has 170 valence electrons. The number of carbonyl (C=O) groups excluding carboxylic acids is 1. The number of amides is 1. The van der Waals surface area contributed by atoms with Crippen molar-refractivity contribution in [2.45, 2.75) is 6.61 Å². The number of halogens is 1. The highest BCUT2D eigenvalue weighted by atomic mass is 35.5. The number of methoxy groups -OCH3 is 1. The third kappa shape index (κ3) is 4.80. The van der Waals surface area contributed by atoms with Crippen molar-refractivity contribution in [1.29, 1.82) is 5.41 Å². The summed E-state index contributed by atoms with van der Waals surface area (Å²) in [6, 6.07) is 12.3. The minimum absolute atomic E-state index is 0.0334. The fourth-order valence-corrected chi connectivity index (χ4v) is 5.01. The van der Waals surface area contributed by atoms with Crippen LogP contribution in [0.15, 0.2) is 57.4 Å². The average Bonchev–Trinajstić information content (AvgIpc) is 3.21. The van der Waals surface area contributed by atoms with Crippen LogP contribution in [-0.2, 0) is 21.2 Å². The minimum atomic E-state index is -3.72. The Kier molecular flexibility index (Phi) is 6.28. The molecular weight excluding hydrogens is 488 g/mol. The first-order chi connectivity index (χ1) is 15.7. The van der Waals surface area contributed by atoms with Crippen LogP contribution in [0.4, 0.5) is 0 Å². The molecule has 0 aromatic heterocycles. The summed E-state index contributed by atoms with van der Waals surface area (Å²) < 4.78 is 39.1. The Morgan fingerprint density at radius 2 is 1.91 bits per heavy atom. The number of benzene rings is 2. The molecule has 2 aromatic rings. The molecule has 0 aliphatic carbocycles. The average molecular weight is 505 g/mol. The third-order valence-corrected chi connectivity index (χ3v) is 6.64. The number of hydrogen-bond acceptors (Lipinski definition) is 8. The molecule has 4 rings (SSSR count). The maximum atomic E-state index is 12.5. The molecule has 2 aromatic carbocycles. The molecule has 2 aliphatic heterocycles. The number of amidine groups is 3. The zero-order valence-electron chi connectivity index (χ0n) is 17.4. The van der Waals surface area contributed by atoms with E-state index in [0.29, 0.717) is 28.7 Å². The van der Waals surface area contributed by atoms with Crippen molar-refractivity contribution in [3.63, 3.8) is 0 Å². The SMILES string of the molecule is COc1cc(/C=C2/C(=N)N3C(=NC2=O)SN=C3S(C)(=O)=O)ccc1OCc1ccc(Cl)cc1. The Bertz CT molecular complexity index is 1350. The van der Waals surface area contributed by atoms with Gasteiger partial charge < -0.3 is 9.47 Å². The van der Waals surface area contributed by atoms with Crippen molar-refractivity contribution in [1.82, 2.24) is 4.90 Å². The van der Waals surface area contributed by atoms with Crippen LogP contribution in [0.5, 0.6) is 11.5 Å². The highest BCUT2D eigenvalue weighted by molar-refractivity contribution is 8.16. The van der Waals surface area contributed by atoms with Gasteiger partial charge in [0.25, 0.3) is 5.91 Å². The maximum Gasteiger partial charge on any atom is 0.283 e. The van der Waals surface area contributed by atoms with Gasteiger partial charge in [-0.3, -0.25) is 10.2 Å². The van der Waals surface area contributed by atoms with Crippen LogP contribution in [0, 0.1) is 5.41 Å². The van der Waals surface area contributed by atoms with Gasteiger partial charge in [0.1, 0.15) is 12.4 Å². The summed E-state index contributed by atoms with van der Waals surface area (Å²) >= 11 is 6.64. The Balaban J connectivity index is 1.59. The van der Waals surface area contributed by atoms with Gasteiger partial charge in [0.15, 0.2) is 11.5 Å². The number of rotatable bonds is 5. The van der Waals surface area contributed by atoms with E-state index in [1.807, 2.05) is 12.1 Å². The molecule has 0 unspecified atom stereocenters. The van der Waals surface area contributed by atoms with Gasteiger partial charge in [0.2, 0.25) is 20.2 Å². The third-order valence-electron chi connectivity index (χ3n) is 4.63. The molecule has 33 heavy (non-hydrogen) atoms. The molecule has 1 amide bonds. The van der Waals surface area contributed by atoms with Crippen molar-refractivity contribution in [2.24, 2.45) is 9.39 Å². The van der Waals surface area contributed by atoms with E-state index in [0.717, 1.165) is 28.7 Å². The highest BCUT2D eigenvalue weighted by Crippen LogP contribution is 2.32. The number of carbonyl (C=O) groups is 1. The number of nitrogens with one attached hydrogen (secondary N) is 1. The fraction of sp³-hybridized carbons (Fsp3) is 0.143. The van der Waals surface area contributed by atoms with Gasteiger partial charge >= 0.3 is 0 Å². The summed E-state index contributed by atoms with van der Waals surface area (Å²) in [6.07, 6.45) is 2.43. The van der Waals surface area contributed by atoms with Gasteiger partial charge in [0, 0.05) is 11.3 Å². The Morgan fingerprint density at radius 3 is 2.58 bits per heavy atom. The van der Waals surface area contributed by atoms with E-state index in [2.05, 4.69) is 9.39 Å². The summed E-state index contributed by atoms with van der Waals surface area (Å²) in [5.74, 6) is -0.0678. The standard InChI is InChI=1S/C21H17ClN4O5S2/c1-30-17-10-13(5-8-16(17)31-11-12-3-6-14(22)7-4-12)9-15-18(23)26-20(24-19(15)27)32-25-21(26)33(2,28)29/h3-10,23H,11H2,1-2H3/b15-9-,23-18?. The van der Waals surface area contributed by atoms with Crippen LogP contribution in [0.25, 0.3) is 6.08 Å². The van der Waals surface area contributed by atoms with E-state index < -0.39 is 15.7 Å². The van der Waals surface area contributed by atoms with Crippen LogP contribution in [-0.4, -0.2) is 48.8 Å². The van der Waals surface area contributed by atoms with Crippen molar-refractivity contribution < 1.29 is 22.7 Å². The molecule has 9 nitrogen and oxygen atoms in total. The summed E-state index contributed by atoms with van der Waals surface area (Å²) in [6.45, 7) is 0.300. The molecule has 12 heteroatoms. The van der Waals surface area contributed by atoms with Gasteiger partial charge in [-0.05, 0) is 41.5 Å². The van der Waals surface area contributed by atoms with Crippen LogP contribution >= 0.6 is 23.5 Å². The second kappa shape index (κ2) is 9.00. The Morgan fingerprint density at radius 1 is 1.18 bits per heavy atom. The van der Waals surface area contributed by atoms with Crippen LogP contribution in [0.2, 0.25) is 5.02 Å². The molecule has 1 N–H and O–H groups in total. The topological polar surface area (TPSA) is 121 Å². The van der Waals surface area contributed by atoms with Crippen LogP contribution in [0.1, 0.15) is 11.1 Å². The predicted octanol–water partition coefficient (Wildman–Crippen LogP) is 3.55. The van der Waals surface area contributed by atoms with E-state index in [-0.39, 0.29) is 21.7 Å². The van der Waals surface area contributed by atoms with E-state index in [9.17, 15) is 13.2 Å². The lowest BCUT2D eigenvalue weighted by atomic mass is 10.1. The maximum absolute atomic E-state index is 12.5. The normalized spacial score (nSPS) is 17.1. The van der Waals surface area contributed by atoms with Crippen molar-refractivity contribution in [3.05, 3.63) is 64.2 Å². The summed E-state index contributed by atoms with van der Waals surface area (Å²) in [7, 11) is -2.23. The van der Waals surface area contributed by atoms with Gasteiger partial charge in [-0.25, -0.2) is 13.3 Å². The van der Waals surface area contributed by atoms with Crippen molar-refractivity contribution >= 4 is 61.5 Å². The zero-order chi connectivity index (χ0) is 23.8. The quantitative estimate of drug-likeness (QED) is 0.488. The highest BCUT2D eigenvalue weighted by Gasteiger charge is 2.41. The summed E-state index contributed by atoms with van der Waals surface area (Å²) in [5.41, 5.74) is 1.39. The number of nitrogens with zero attached hydrogens (tertiary/aromatic N) is 3. The first-order valence-corrected chi connectivity index (χ1v) is 12.5. The largest absolute Gasteiger partial charge is 0.493 e. The molecule has 0 fully saturated rings. The number of fused-ring (bicyclic) bond motifs is 1. The Labute approximate surface area is 199 Å². The lowest BCUT2D eigenvalue weighted by Crippen LogP contribution is -2.45. The van der Waals surface area contributed by atoms with Crippen LogP contribution in [0.3, 0.4) is 0 Å². The van der Waals surface area contributed by atoms with E-state index in [4.69, 9.17) is 26.5 Å². The fourth-order valence-electron chi connectivity index (χ4n) is 3.04. The van der Waals surface area contributed by atoms with E-state index in [1.54, 1.807) is 30.3 Å². The molecule has 0 atom stereocenters. The summed E-state index contributed by atoms with van der Waals surface area (Å²) in [4.78, 5) is 17.4. The number of sulfone groups is 1. The van der Waals surface area contributed by atoms with Gasteiger partial charge in [-0.2, -0.15) is 9.39 Å². The lowest BCUT2D eigenvalue weighted by Gasteiger charge is -2.23. The molecule has 2 aliphatic rings. The number of hydrogen-bond donors (Lipinski definition) is 1. The Hall–Kier alpha value is -3.15. The molecule has 0 saturated heterocycles. The van der Waals surface area contributed by atoms with Gasteiger partial charge in [-0.15, -0.1) is 0 Å². The molecule has 0 radical (unpaired) electrons. The molecule has 0 bridgehead atoms. The molecule has 0 saturated carbocycles. The molecular formula is C21H17ClN4O5S2. The van der Waals surface area contributed by atoms with Crippen molar-refractivity contribution in [3.8, 4) is 11.5 Å². The van der Waals surface area contributed by atoms with E-state index in [1.165, 1.54) is 13.2 Å². The van der Waals surface area contributed by atoms with E-state index >= 15 is 0 Å². The monoisotopic (exact) mass is 504 g/mol. The smallest absolute Gasteiger partial charge is 0.283 e.